The van der Waals surface area contributed by atoms with Gasteiger partial charge < -0.3 is 0 Å². The van der Waals surface area contributed by atoms with Crippen LogP contribution in [0.1, 0.15) is 41.9 Å². The molecular formula is C21H17FN4O. The standard InChI is InChI=1S/C21H17FN4O/c1-21(2)8-16-14(18(27)9-21)6-7-19(25-16)26-11-17(24-12-26)15-5-3-4-13(10-23)20(15)22/h3-7,11-12H,8-9H2,1-2H3. The van der Waals surface area contributed by atoms with Gasteiger partial charge in [-0.05, 0) is 36.1 Å². The molecule has 1 aromatic carbocycles. The Morgan fingerprint density at radius 2 is 2.00 bits per heavy atom. The van der Waals surface area contributed by atoms with Gasteiger partial charge in [0.2, 0.25) is 0 Å². The number of ketones is 1. The zero-order chi connectivity index (χ0) is 19.2. The molecule has 2 heterocycles. The molecule has 0 aliphatic heterocycles. The smallest absolute Gasteiger partial charge is 0.165 e. The van der Waals surface area contributed by atoms with E-state index < -0.39 is 5.82 Å². The molecule has 0 saturated carbocycles. The monoisotopic (exact) mass is 360 g/mol. The van der Waals surface area contributed by atoms with E-state index in [0.717, 1.165) is 12.1 Å². The van der Waals surface area contributed by atoms with E-state index in [0.29, 0.717) is 23.5 Å². The Balaban J connectivity index is 1.73. The van der Waals surface area contributed by atoms with Crippen LogP contribution in [0, 0.1) is 22.6 Å². The Labute approximate surface area is 156 Å². The van der Waals surface area contributed by atoms with Crippen LogP contribution in [-0.2, 0) is 6.42 Å². The summed E-state index contributed by atoms with van der Waals surface area (Å²) in [6, 6.07) is 10.0. The predicted octanol–water partition coefficient (Wildman–Crippen LogP) is 4.10. The van der Waals surface area contributed by atoms with Crippen LogP contribution in [0.4, 0.5) is 4.39 Å². The van der Waals surface area contributed by atoms with Crippen LogP contribution in [0.25, 0.3) is 17.1 Å². The summed E-state index contributed by atoms with van der Waals surface area (Å²) in [5.41, 5.74) is 2.00. The number of nitriles is 1. The van der Waals surface area contributed by atoms with Crippen molar-refractivity contribution < 1.29 is 9.18 Å². The lowest BCUT2D eigenvalue weighted by Gasteiger charge is -2.29. The summed E-state index contributed by atoms with van der Waals surface area (Å²) in [5.74, 6) is 0.146. The molecule has 134 valence electrons. The molecule has 0 saturated heterocycles. The molecule has 2 aromatic heterocycles. The average molecular weight is 360 g/mol. The second-order valence-electron chi connectivity index (χ2n) is 7.55. The van der Waals surface area contributed by atoms with Crippen molar-refractivity contribution in [2.24, 2.45) is 5.41 Å². The maximum Gasteiger partial charge on any atom is 0.165 e. The van der Waals surface area contributed by atoms with Crippen molar-refractivity contribution in [3.05, 3.63) is 65.5 Å². The van der Waals surface area contributed by atoms with Crippen molar-refractivity contribution in [3.63, 3.8) is 0 Å². The first kappa shape index (κ1) is 17.1. The minimum absolute atomic E-state index is 0.0188. The normalized spacial score (nSPS) is 15.3. The Bertz CT molecular complexity index is 1110. The van der Waals surface area contributed by atoms with Gasteiger partial charge in [-0.25, -0.2) is 14.4 Å². The number of carbonyl (C=O) groups is 1. The molecular weight excluding hydrogens is 343 g/mol. The highest BCUT2D eigenvalue weighted by atomic mass is 19.1. The largest absolute Gasteiger partial charge is 0.294 e. The van der Waals surface area contributed by atoms with Gasteiger partial charge in [0, 0.05) is 23.7 Å². The maximum atomic E-state index is 14.4. The van der Waals surface area contributed by atoms with Crippen molar-refractivity contribution in [1.82, 2.24) is 14.5 Å². The molecule has 5 nitrogen and oxygen atoms in total. The van der Waals surface area contributed by atoms with Crippen LogP contribution in [0.3, 0.4) is 0 Å². The van der Waals surface area contributed by atoms with Gasteiger partial charge in [0.15, 0.2) is 5.78 Å². The number of rotatable bonds is 2. The van der Waals surface area contributed by atoms with Crippen LogP contribution in [0.5, 0.6) is 0 Å². The Morgan fingerprint density at radius 3 is 2.78 bits per heavy atom. The van der Waals surface area contributed by atoms with Gasteiger partial charge in [-0.3, -0.25) is 9.36 Å². The summed E-state index contributed by atoms with van der Waals surface area (Å²) in [4.78, 5) is 21.2. The zero-order valence-electron chi connectivity index (χ0n) is 15.0. The molecule has 0 fully saturated rings. The van der Waals surface area contributed by atoms with Gasteiger partial charge >= 0.3 is 0 Å². The molecule has 27 heavy (non-hydrogen) atoms. The highest BCUT2D eigenvalue weighted by molar-refractivity contribution is 5.98. The third kappa shape index (κ3) is 3.02. The number of aromatic nitrogens is 3. The van der Waals surface area contributed by atoms with Crippen LogP contribution >= 0.6 is 0 Å². The molecule has 0 atom stereocenters. The summed E-state index contributed by atoms with van der Waals surface area (Å²) in [5, 5.41) is 9.00. The molecule has 0 N–H and O–H groups in total. The van der Waals surface area contributed by atoms with Crippen LogP contribution in [0.2, 0.25) is 0 Å². The van der Waals surface area contributed by atoms with E-state index in [2.05, 4.69) is 23.8 Å². The first-order valence-electron chi connectivity index (χ1n) is 8.64. The molecule has 3 aromatic rings. The number of pyridine rings is 1. The lowest BCUT2D eigenvalue weighted by Crippen LogP contribution is -2.28. The average Bonchev–Trinajstić information content (AvgIpc) is 3.10. The summed E-state index contributed by atoms with van der Waals surface area (Å²) in [7, 11) is 0. The lowest BCUT2D eigenvalue weighted by molar-refractivity contribution is 0.0910. The Morgan fingerprint density at radius 1 is 1.19 bits per heavy atom. The summed E-state index contributed by atoms with van der Waals surface area (Å²) in [6.45, 7) is 4.12. The molecule has 0 radical (unpaired) electrons. The highest BCUT2D eigenvalue weighted by Gasteiger charge is 2.32. The van der Waals surface area contributed by atoms with E-state index in [1.54, 1.807) is 41.4 Å². The SMILES string of the molecule is CC1(C)CC(=O)c2ccc(-n3cnc(-c4cccc(C#N)c4F)c3)nc2C1. The van der Waals surface area contributed by atoms with Crippen LogP contribution < -0.4 is 0 Å². The van der Waals surface area contributed by atoms with Crippen LogP contribution in [0.15, 0.2) is 42.9 Å². The Hall–Kier alpha value is -3.33. The molecule has 6 heteroatoms. The number of hydrogen-bond donors (Lipinski definition) is 0. The second-order valence-corrected chi connectivity index (χ2v) is 7.55. The number of nitrogens with zero attached hydrogens (tertiary/aromatic N) is 4. The van der Waals surface area contributed by atoms with E-state index >= 15 is 0 Å². The van der Waals surface area contributed by atoms with Gasteiger partial charge in [0.05, 0.1) is 17.0 Å². The minimum Gasteiger partial charge on any atom is -0.294 e. The number of carbonyl (C=O) groups excluding carboxylic acids is 1. The number of benzene rings is 1. The predicted molar refractivity (Wildman–Crippen MR) is 97.9 cm³/mol. The van der Waals surface area contributed by atoms with E-state index in [-0.39, 0.29) is 22.3 Å². The Kier molecular flexibility index (Phi) is 3.88. The number of hydrogen-bond acceptors (Lipinski definition) is 4. The van der Waals surface area contributed by atoms with Gasteiger partial charge in [0.25, 0.3) is 0 Å². The number of Topliss-reactive ketones (excluding diaryl/α,β-unsaturated/α-hetero) is 1. The van der Waals surface area contributed by atoms with E-state index in [9.17, 15) is 9.18 Å². The molecule has 0 amide bonds. The van der Waals surface area contributed by atoms with Crippen LogP contribution in [-0.4, -0.2) is 20.3 Å². The first-order valence-corrected chi connectivity index (χ1v) is 8.64. The van der Waals surface area contributed by atoms with Gasteiger partial charge in [0.1, 0.15) is 24.0 Å². The van der Waals surface area contributed by atoms with Crippen molar-refractivity contribution in [3.8, 4) is 23.1 Å². The van der Waals surface area contributed by atoms with Crippen molar-refractivity contribution in [2.45, 2.75) is 26.7 Å². The fourth-order valence-electron chi connectivity index (χ4n) is 3.47. The fraction of sp³-hybridized carbons (Fsp3) is 0.238. The van der Waals surface area contributed by atoms with Crippen molar-refractivity contribution >= 4 is 5.78 Å². The molecule has 1 aliphatic carbocycles. The summed E-state index contributed by atoms with van der Waals surface area (Å²) in [6.07, 6.45) is 4.47. The second kappa shape index (κ2) is 6.13. The summed E-state index contributed by atoms with van der Waals surface area (Å²) >= 11 is 0. The molecule has 0 unspecified atom stereocenters. The quantitative estimate of drug-likeness (QED) is 0.690. The van der Waals surface area contributed by atoms with Crippen molar-refractivity contribution in [1.29, 1.82) is 5.26 Å². The zero-order valence-corrected chi connectivity index (χ0v) is 15.0. The third-order valence-corrected chi connectivity index (χ3v) is 4.79. The number of imidazole rings is 1. The van der Waals surface area contributed by atoms with Gasteiger partial charge in [-0.15, -0.1) is 0 Å². The van der Waals surface area contributed by atoms with Gasteiger partial charge in [-0.2, -0.15) is 5.26 Å². The van der Waals surface area contributed by atoms with E-state index in [1.165, 1.54) is 6.07 Å². The highest BCUT2D eigenvalue weighted by Crippen LogP contribution is 2.34. The fourth-order valence-corrected chi connectivity index (χ4v) is 3.47. The number of fused-ring (bicyclic) bond motifs is 1. The maximum absolute atomic E-state index is 14.4. The van der Waals surface area contributed by atoms with E-state index in [4.69, 9.17) is 5.26 Å². The molecule has 0 bridgehead atoms. The number of halogens is 1. The van der Waals surface area contributed by atoms with Crippen molar-refractivity contribution in [2.75, 3.05) is 0 Å². The summed E-state index contributed by atoms with van der Waals surface area (Å²) < 4.78 is 16.1. The molecule has 4 rings (SSSR count). The van der Waals surface area contributed by atoms with Gasteiger partial charge in [-0.1, -0.05) is 19.9 Å². The first-order chi connectivity index (χ1) is 12.9. The lowest BCUT2D eigenvalue weighted by atomic mass is 9.76. The van der Waals surface area contributed by atoms with E-state index in [1.807, 2.05) is 6.07 Å². The third-order valence-electron chi connectivity index (χ3n) is 4.79. The topological polar surface area (TPSA) is 71.6 Å². The molecule has 0 spiro atoms. The minimum atomic E-state index is -0.587. The molecule has 1 aliphatic rings.